The lowest BCUT2D eigenvalue weighted by molar-refractivity contribution is -0.0328. The van der Waals surface area contributed by atoms with Gasteiger partial charge in [0.2, 0.25) is 0 Å². The number of fused-ring (bicyclic) bond motifs is 1. The van der Waals surface area contributed by atoms with E-state index in [1.165, 1.54) is 19.2 Å². The average Bonchev–Trinajstić information content (AvgIpc) is 2.82. The highest BCUT2D eigenvalue weighted by molar-refractivity contribution is 8.00. The number of thioether (sulfide) groups is 1. The van der Waals surface area contributed by atoms with Crippen molar-refractivity contribution in [2.75, 3.05) is 7.11 Å². The zero-order valence-corrected chi connectivity index (χ0v) is 14.9. The molecule has 0 aromatic heterocycles. The van der Waals surface area contributed by atoms with Crippen LogP contribution in [0.15, 0.2) is 41.3 Å². The molecule has 0 saturated carbocycles. The van der Waals surface area contributed by atoms with Gasteiger partial charge < -0.3 is 9.84 Å². The molecule has 7 heteroatoms. The van der Waals surface area contributed by atoms with Gasteiger partial charge in [0.1, 0.15) is 5.75 Å². The summed E-state index contributed by atoms with van der Waals surface area (Å²) < 4.78 is 42.3. The highest BCUT2D eigenvalue weighted by Gasteiger charge is 2.32. The van der Waals surface area contributed by atoms with Crippen LogP contribution in [0.3, 0.4) is 0 Å². The van der Waals surface area contributed by atoms with Crippen LogP contribution in [0.2, 0.25) is 5.02 Å². The van der Waals surface area contributed by atoms with E-state index in [-0.39, 0.29) is 22.6 Å². The van der Waals surface area contributed by atoms with Crippen molar-refractivity contribution in [2.24, 2.45) is 5.92 Å². The molecule has 2 nitrogen and oxygen atoms in total. The smallest absolute Gasteiger partial charge is 0.446 e. The molecule has 0 amide bonds. The summed E-state index contributed by atoms with van der Waals surface area (Å²) >= 11 is 6.00. The zero-order chi connectivity index (χ0) is 18.2. The van der Waals surface area contributed by atoms with Crippen molar-refractivity contribution in [1.29, 1.82) is 0 Å². The maximum Gasteiger partial charge on any atom is 0.446 e. The number of methoxy groups -OCH3 is 1. The fraction of sp³-hybridized carbons (Fsp3) is 0.333. The first kappa shape index (κ1) is 18.4. The van der Waals surface area contributed by atoms with Crippen molar-refractivity contribution in [1.82, 2.24) is 0 Å². The normalized spacial score (nSPS) is 19.8. The Balaban J connectivity index is 1.72. The minimum atomic E-state index is -4.29. The molecule has 0 aliphatic heterocycles. The fourth-order valence-corrected chi connectivity index (χ4v) is 3.98. The van der Waals surface area contributed by atoms with E-state index in [1.54, 1.807) is 18.2 Å². The second-order valence-electron chi connectivity index (χ2n) is 5.99. The molecule has 0 bridgehead atoms. The minimum absolute atomic E-state index is 0.0423. The molecule has 25 heavy (non-hydrogen) atoms. The largest absolute Gasteiger partial charge is 0.495 e. The SMILES string of the molecule is COc1cc2c(cc1Cl)CC(Cc1ccc(SC(F)(F)F)cc1)C2O. The monoisotopic (exact) mass is 388 g/mol. The van der Waals surface area contributed by atoms with Gasteiger partial charge in [-0.2, -0.15) is 13.2 Å². The van der Waals surface area contributed by atoms with Crippen LogP contribution in [0.4, 0.5) is 13.2 Å². The molecule has 3 rings (SSSR count). The summed E-state index contributed by atoms with van der Waals surface area (Å²) in [6, 6.07) is 9.84. The lowest BCUT2D eigenvalue weighted by Crippen LogP contribution is -2.10. The molecule has 0 heterocycles. The summed E-state index contributed by atoms with van der Waals surface area (Å²) in [5, 5.41) is 11.1. The number of rotatable bonds is 4. The highest BCUT2D eigenvalue weighted by Crippen LogP contribution is 2.42. The highest BCUT2D eigenvalue weighted by atomic mass is 35.5. The van der Waals surface area contributed by atoms with Crippen molar-refractivity contribution >= 4 is 23.4 Å². The van der Waals surface area contributed by atoms with Crippen LogP contribution in [0.1, 0.15) is 22.8 Å². The third-order valence-electron chi connectivity index (χ3n) is 4.32. The van der Waals surface area contributed by atoms with Gasteiger partial charge in [0.25, 0.3) is 0 Å². The average molecular weight is 389 g/mol. The Bertz CT molecular complexity index is 762. The van der Waals surface area contributed by atoms with Gasteiger partial charge >= 0.3 is 5.51 Å². The molecular weight excluding hydrogens is 373 g/mol. The Kier molecular flexibility index (Phi) is 5.23. The second-order valence-corrected chi connectivity index (χ2v) is 7.54. The summed E-state index contributed by atoms with van der Waals surface area (Å²) in [5.41, 5.74) is -1.62. The summed E-state index contributed by atoms with van der Waals surface area (Å²) in [4.78, 5) is 0.156. The predicted molar refractivity (Wildman–Crippen MR) is 92.2 cm³/mol. The van der Waals surface area contributed by atoms with Crippen molar-refractivity contribution in [3.8, 4) is 5.75 Å². The van der Waals surface area contributed by atoms with Gasteiger partial charge in [-0.05, 0) is 71.5 Å². The summed E-state index contributed by atoms with van der Waals surface area (Å²) in [7, 11) is 1.52. The molecule has 2 atom stereocenters. The molecule has 1 aliphatic rings. The fourth-order valence-electron chi connectivity index (χ4n) is 3.18. The standard InChI is InChI=1S/C18H16ClF3O2S/c1-24-16-9-14-11(8-15(16)19)7-12(17(14)23)6-10-2-4-13(5-3-10)25-18(20,21)22/h2-5,8-9,12,17,23H,6-7H2,1H3. The second kappa shape index (κ2) is 7.09. The number of aliphatic hydroxyl groups is 1. The van der Waals surface area contributed by atoms with E-state index in [1.807, 2.05) is 6.07 Å². The van der Waals surface area contributed by atoms with Gasteiger partial charge in [-0.15, -0.1) is 0 Å². The van der Waals surface area contributed by atoms with E-state index in [2.05, 4.69) is 0 Å². The number of halogens is 4. The Morgan fingerprint density at radius 3 is 2.52 bits per heavy atom. The van der Waals surface area contributed by atoms with E-state index in [9.17, 15) is 18.3 Å². The summed E-state index contributed by atoms with van der Waals surface area (Å²) in [6.45, 7) is 0. The van der Waals surface area contributed by atoms with Crippen LogP contribution in [0.25, 0.3) is 0 Å². The van der Waals surface area contributed by atoms with Crippen LogP contribution >= 0.6 is 23.4 Å². The van der Waals surface area contributed by atoms with Crippen LogP contribution < -0.4 is 4.74 Å². The molecule has 0 spiro atoms. The number of hydrogen-bond donors (Lipinski definition) is 1. The molecule has 134 valence electrons. The minimum Gasteiger partial charge on any atom is -0.495 e. The number of ether oxygens (including phenoxy) is 1. The molecule has 2 aromatic carbocycles. The molecule has 0 radical (unpaired) electrons. The maximum atomic E-state index is 12.4. The molecule has 1 N–H and O–H groups in total. The number of alkyl halides is 3. The van der Waals surface area contributed by atoms with Crippen LogP contribution in [0.5, 0.6) is 5.75 Å². The lowest BCUT2D eigenvalue weighted by atomic mass is 9.95. The Hall–Kier alpha value is -1.37. The van der Waals surface area contributed by atoms with E-state index in [0.717, 1.165) is 16.7 Å². The van der Waals surface area contributed by atoms with Crippen LogP contribution in [-0.4, -0.2) is 17.7 Å². The molecule has 0 saturated heterocycles. The number of benzene rings is 2. The number of hydrogen-bond acceptors (Lipinski definition) is 3. The third-order valence-corrected chi connectivity index (χ3v) is 5.35. The lowest BCUT2D eigenvalue weighted by Gasteiger charge is -2.15. The molecule has 2 unspecified atom stereocenters. The van der Waals surface area contributed by atoms with Crippen LogP contribution in [-0.2, 0) is 12.8 Å². The van der Waals surface area contributed by atoms with Gasteiger partial charge in [-0.3, -0.25) is 0 Å². The van der Waals surface area contributed by atoms with Crippen molar-refractivity contribution in [3.05, 3.63) is 58.1 Å². The van der Waals surface area contributed by atoms with Gasteiger partial charge in [0, 0.05) is 4.90 Å². The van der Waals surface area contributed by atoms with Gasteiger partial charge in [0.15, 0.2) is 0 Å². The Morgan fingerprint density at radius 2 is 1.92 bits per heavy atom. The number of aliphatic hydroxyl groups excluding tert-OH is 1. The van der Waals surface area contributed by atoms with Gasteiger partial charge in [0.05, 0.1) is 18.2 Å². The predicted octanol–water partition coefficient (Wildman–Crippen LogP) is 5.41. The van der Waals surface area contributed by atoms with E-state index in [0.29, 0.717) is 23.6 Å². The first-order valence-corrected chi connectivity index (χ1v) is 8.85. The van der Waals surface area contributed by atoms with Crippen molar-refractivity contribution in [3.63, 3.8) is 0 Å². The first-order chi connectivity index (χ1) is 11.8. The van der Waals surface area contributed by atoms with Crippen LogP contribution in [0, 0.1) is 5.92 Å². The topological polar surface area (TPSA) is 29.5 Å². The summed E-state index contributed by atoms with van der Waals surface area (Å²) in [6.07, 6.45) is 0.594. The quantitative estimate of drug-likeness (QED) is 0.710. The van der Waals surface area contributed by atoms with E-state index >= 15 is 0 Å². The third kappa shape index (κ3) is 4.25. The molecule has 2 aromatic rings. The molecule has 1 aliphatic carbocycles. The zero-order valence-electron chi connectivity index (χ0n) is 13.3. The first-order valence-electron chi connectivity index (χ1n) is 7.66. The summed E-state index contributed by atoms with van der Waals surface area (Å²) in [5.74, 6) is 0.480. The van der Waals surface area contributed by atoms with Gasteiger partial charge in [-0.25, -0.2) is 0 Å². The van der Waals surface area contributed by atoms with E-state index in [4.69, 9.17) is 16.3 Å². The maximum absolute atomic E-state index is 12.4. The van der Waals surface area contributed by atoms with Gasteiger partial charge in [-0.1, -0.05) is 23.7 Å². The Morgan fingerprint density at radius 1 is 1.24 bits per heavy atom. The Labute approximate surface area is 153 Å². The van der Waals surface area contributed by atoms with E-state index < -0.39 is 11.6 Å². The van der Waals surface area contributed by atoms with Crippen molar-refractivity contribution < 1.29 is 23.0 Å². The molecule has 0 fully saturated rings. The van der Waals surface area contributed by atoms with Crippen molar-refractivity contribution in [2.45, 2.75) is 29.3 Å². The molecular formula is C18H16ClF3O2S.